The summed E-state index contributed by atoms with van der Waals surface area (Å²) < 4.78 is 25.7. The fourth-order valence-electron chi connectivity index (χ4n) is 2.04. The topological polar surface area (TPSA) is 0 Å². The number of hydrogen-bond donors (Lipinski definition) is 0. The summed E-state index contributed by atoms with van der Waals surface area (Å²) in [5.41, 5.74) is 0. The van der Waals surface area contributed by atoms with Crippen LogP contribution in [0.5, 0.6) is 0 Å². The van der Waals surface area contributed by atoms with Crippen LogP contribution in [0.25, 0.3) is 0 Å². The van der Waals surface area contributed by atoms with E-state index in [9.17, 15) is 8.78 Å². The second-order valence-corrected chi connectivity index (χ2v) is 3.51. The zero-order valence-corrected chi connectivity index (χ0v) is 6.39. The second-order valence-electron chi connectivity index (χ2n) is 3.51. The Labute approximate surface area is 65.3 Å². The number of alkyl halides is 2. The molecule has 2 unspecified atom stereocenters. The Morgan fingerprint density at radius 3 is 1.91 bits per heavy atom. The van der Waals surface area contributed by atoms with Gasteiger partial charge in [-0.25, -0.2) is 8.78 Å². The molecule has 0 aliphatic heterocycles. The van der Waals surface area contributed by atoms with Crippen LogP contribution in [0.2, 0.25) is 0 Å². The van der Waals surface area contributed by atoms with E-state index in [1.54, 1.807) is 0 Å². The Hall–Kier alpha value is -0.400. The van der Waals surface area contributed by atoms with Gasteiger partial charge in [0.2, 0.25) is 0 Å². The lowest BCUT2D eigenvalue weighted by atomic mass is 10.1. The van der Waals surface area contributed by atoms with Crippen LogP contribution in [0.1, 0.15) is 25.7 Å². The predicted molar refractivity (Wildman–Crippen MR) is 39.5 cm³/mol. The summed E-state index contributed by atoms with van der Waals surface area (Å²) in [7, 11) is 0. The minimum Gasteiger partial charge on any atom is -0.206 e. The van der Waals surface area contributed by atoms with E-state index in [0.29, 0.717) is 12.8 Å². The third-order valence-electron chi connectivity index (χ3n) is 2.82. The van der Waals surface area contributed by atoms with Gasteiger partial charge in [0.15, 0.2) is 0 Å². The number of fused-ring (bicyclic) bond motifs is 1. The number of hydrogen-bond acceptors (Lipinski definition) is 0. The standard InChI is InChI=1S/C9H12F2/c10-9(11)7-5-3-1-2-4-6-8(7)9/h1-2,7-8H,3-6H2/b2-1-. The fourth-order valence-corrected chi connectivity index (χ4v) is 2.04. The first-order chi connectivity index (χ1) is 5.23. The van der Waals surface area contributed by atoms with Crippen LogP contribution in [0.4, 0.5) is 8.78 Å². The van der Waals surface area contributed by atoms with E-state index in [4.69, 9.17) is 0 Å². The zero-order chi connectivity index (χ0) is 7.90. The molecule has 2 rings (SSSR count). The summed E-state index contributed by atoms with van der Waals surface area (Å²) >= 11 is 0. The lowest BCUT2D eigenvalue weighted by Gasteiger charge is -1.97. The molecular weight excluding hydrogens is 146 g/mol. The molecule has 0 N–H and O–H groups in total. The molecule has 0 radical (unpaired) electrons. The van der Waals surface area contributed by atoms with E-state index < -0.39 is 5.92 Å². The largest absolute Gasteiger partial charge is 0.254 e. The highest BCUT2D eigenvalue weighted by molar-refractivity contribution is 5.07. The van der Waals surface area contributed by atoms with E-state index in [1.807, 2.05) is 12.2 Å². The molecule has 2 aliphatic carbocycles. The number of allylic oxidation sites excluding steroid dienone is 2. The summed E-state index contributed by atoms with van der Waals surface area (Å²) in [6.07, 6.45) is 7.13. The SMILES string of the molecule is FC1(F)C2CC/C=C\CCC21. The first-order valence-corrected chi connectivity index (χ1v) is 4.25. The van der Waals surface area contributed by atoms with Gasteiger partial charge in [0.05, 0.1) is 0 Å². The monoisotopic (exact) mass is 158 g/mol. The molecule has 1 fully saturated rings. The maximum Gasteiger partial charge on any atom is 0.254 e. The average Bonchev–Trinajstić information content (AvgIpc) is 2.29. The molecule has 0 spiro atoms. The van der Waals surface area contributed by atoms with E-state index in [0.717, 1.165) is 12.8 Å². The Morgan fingerprint density at radius 1 is 1.00 bits per heavy atom. The molecule has 2 atom stereocenters. The number of rotatable bonds is 0. The van der Waals surface area contributed by atoms with E-state index >= 15 is 0 Å². The van der Waals surface area contributed by atoms with Gasteiger partial charge >= 0.3 is 0 Å². The van der Waals surface area contributed by atoms with Crippen molar-refractivity contribution in [1.29, 1.82) is 0 Å². The van der Waals surface area contributed by atoms with Crippen LogP contribution in [0, 0.1) is 11.8 Å². The van der Waals surface area contributed by atoms with Gasteiger partial charge in [0, 0.05) is 11.8 Å². The average molecular weight is 158 g/mol. The Morgan fingerprint density at radius 2 is 1.45 bits per heavy atom. The first-order valence-electron chi connectivity index (χ1n) is 4.25. The smallest absolute Gasteiger partial charge is 0.206 e. The predicted octanol–water partition coefficient (Wildman–Crippen LogP) is 3.00. The normalized spacial score (nSPS) is 43.5. The van der Waals surface area contributed by atoms with Crippen molar-refractivity contribution in [2.24, 2.45) is 11.8 Å². The molecule has 2 aliphatic rings. The molecule has 1 saturated carbocycles. The molecule has 0 amide bonds. The van der Waals surface area contributed by atoms with Crippen molar-refractivity contribution >= 4 is 0 Å². The zero-order valence-electron chi connectivity index (χ0n) is 6.39. The first kappa shape index (κ1) is 7.26. The quantitative estimate of drug-likeness (QED) is 0.475. The van der Waals surface area contributed by atoms with Crippen LogP contribution in [0.3, 0.4) is 0 Å². The summed E-state index contributed by atoms with van der Waals surface area (Å²) in [6.45, 7) is 0. The van der Waals surface area contributed by atoms with Gasteiger partial charge in [-0.1, -0.05) is 12.2 Å². The highest BCUT2D eigenvalue weighted by Gasteiger charge is 2.66. The van der Waals surface area contributed by atoms with Crippen molar-refractivity contribution in [3.63, 3.8) is 0 Å². The molecule has 0 aromatic rings. The van der Waals surface area contributed by atoms with Gasteiger partial charge in [-0.05, 0) is 25.7 Å². The van der Waals surface area contributed by atoms with Crippen molar-refractivity contribution in [2.45, 2.75) is 31.6 Å². The van der Waals surface area contributed by atoms with Crippen molar-refractivity contribution in [1.82, 2.24) is 0 Å². The molecule has 0 nitrogen and oxygen atoms in total. The van der Waals surface area contributed by atoms with Crippen molar-refractivity contribution in [3.8, 4) is 0 Å². The Bertz CT molecular complexity index is 166. The van der Waals surface area contributed by atoms with Crippen molar-refractivity contribution in [2.75, 3.05) is 0 Å². The van der Waals surface area contributed by atoms with E-state index in [-0.39, 0.29) is 11.8 Å². The van der Waals surface area contributed by atoms with Crippen LogP contribution >= 0.6 is 0 Å². The lowest BCUT2D eigenvalue weighted by molar-refractivity contribution is 0.0820. The third-order valence-corrected chi connectivity index (χ3v) is 2.82. The molecule has 0 bridgehead atoms. The van der Waals surface area contributed by atoms with Gasteiger partial charge in [0.1, 0.15) is 0 Å². The molecule has 0 saturated heterocycles. The molecular formula is C9H12F2. The summed E-state index contributed by atoms with van der Waals surface area (Å²) in [5, 5.41) is 0. The van der Waals surface area contributed by atoms with Crippen LogP contribution < -0.4 is 0 Å². The molecule has 0 heterocycles. The van der Waals surface area contributed by atoms with E-state index in [1.165, 1.54) is 0 Å². The van der Waals surface area contributed by atoms with Crippen LogP contribution in [0.15, 0.2) is 12.2 Å². The summed E-state index contributed by atoms with van der Waals surface area (Å²) in [5.74, 6) is -2.88. The highest BCUT2D eigenvalue weighted by Crippen LogP contribution is 2.60. The van der Waals surface area contributed by atoms with Crippen molar-refractivity contribution < 1.29 is 8.78 Å². The highest BCUT2D eigenvalue weighted by atomic mass is 19.3. The summed E-state index contributed by atoms with van der Waals surface area (Å²) in [6, 6.07) is 0. The Kier molecular flexibility index (Phi) is 1.51. The van der Waals surface area contributed by atoms with Crippen LogP contribution in [-0.4, -0.2) is 5.92 Å². The minimum atomic E-state index is -2.31. The maximum atomic E-state index is 12.8. The van der Waals surface area contributed by atoms with E-state index in [2.05, 4.69) is 0 Å². The van der Waals surface area contributed by atoms with Crippen LogP contribution in [-0.2, 0) is 0 Å². The summed E-state index contributed by atoms with van der Waals surface area (Å²) in [4.78, 5) is 0. The Balaban J connectivity index is 2.02. The molecule has 62 valence electrons. The number of halogens is 2. The second kappa shape index (κ2) is 2.29. The van der Waals surface area contributed by atoms with Gasteiger partial charge in [0.25, 0.3) is 5.92 Å². The fraction of sp³-hybridized carbons (Fsp3) is 0.778. The van der Waals surface area contributed by atoms with Gasteiger partial charge in [-0.15, -0.1) is 0 Å². The molecule has 0 aromatic carbocycles. The molecule has 11 heavy (non-hydrogen) atoms. The van der Waals surface area contributed by atoms with Gasteiger partial charge in [-0.2, -0.15) is 0 Å². The third kappa shape index (κ3) is 1.09. The molecule has 0 aromatic heterocycles. The maximum absolute atomic E-state index is 12.8. The minimum absolute atomic E-state index is 0.285. The molecule has 2 heteroatoms. The lowest BCUT2D eigenvalue weighted by Crippen LogP contribution is -1.93. The van der Waals surface area contributed by atoms with Crippen molar-refractivity contribution in [3.05, 3.63) is 12.2 Å². The van der Waals surface area contributed by atoms with Gasteiger partial charge < -0.3 is 0 Å². The van der Waals surface area contributed by atoms with Gasteiger partial charge in [-0.3, -0.25) is 0 Å².